The molecule has 1 aliphatic carbocycles. The number of halogens is 3. The van der Waals surface area contributed by atoms with Crippen molar-refractivity contribution in [1.29, 1.82) is 0 Å². The van der Waals surface area contributed by atoms with Crippen LogP contribution in [0.4, 0.5) is 24.5 Å². The monoisotopic (exact) mass is 446 g/mol. The molecule has 1 amide bonds. The second-order valence-corrected chi connectivity index (χ2v) is 9.02. The Morgan fingerprint density at radius 3 is 2.41 bits per heavy atom. The van der Waals surface area contributed by atoms with Crippen LogP contribution in [0, 0.1) is 25.6 Å². The summed E-state index contributed by atoms with van der Waals surface area (Å²) in [7, 11) is 0. The van der Waals surface area contributed by atoms with Crippen molar-refractivity contribution in [2.45, 2.75) is 51.6 Å². The second kappa shape index (κ2) is 9.14. The number of anilines is 2. The van der Waals surface area contributed by atoms with Gasteiger partial charge >= 0.3 is 0 Å². The van der Waals surface area contributed by atoms with Gasteiger partial charge < -0.3 is 15.0 Å². The lowest BCUT2D eigenvalue weighted by Crippen LogP contribution is -2.37. The van der Waals surface area contributed by atoms with Crippen molar-refractivity contribution in [1.82, 2.24) is 0 Å². The van der Waals surface area contributed by atoms with Gasteiger partial charge in [-0.1, -0.05) is 12.1 Å². The summed E-state index contributed by atoms with van der Waals surface area (Å²) in [6.45, 7) is 5.98. The zero-order chi connectivity index (χ0) is 22.9. The average molecular weight is 447 g/mol. The number of carbonyl (C=O) groups excluding carboxylic acids is 1. The van der Waals surface area contributed by atoms with E-state index in [0.29, 0.717) is 6.61 Å². The van der Waals surface area contributed by atoms with Gasteiger partial charge in [-0.05, 0) is 67.1 Å². The number of hydrogen-bond donors (Lipinski definition) is 1. The molecule has 1 N–H and O–H groups in total. The van der Waals surface area contributed by atoms with E-state index >= 15 is 0 Å². The number of nitrogens with one attached hydrogen (secondary N) is 1. The van der Waals surface area contributed by atoms with Crippen molar-refractivity contribution in [2.75, 3.05) is 29.9 Å². The molecular weight excluding hydrogens is 417 g/mol. The first-order chi connectivity index (χ1) is 15.2. The molecule has 0 aromatic heterocycles. The Bertz CT molecular complexity index is 947. The van der Waals surface area contributed by atoms with Crippen LogP contribution in [0.25, 0.3) is 0 Å². The first-order valence-corrected chi connectivity index (χ1v) is 11.1. The van der Waals surface area contributed by atoms with Crippen molar-refractivity contribution in [3.63, 3.8) is 0 Å². The number of hydrogen-bond acceptors (Lipinski definition) is 3. The summed E-state index contributed by atoms with van der Waals surface area (Å²) in [5, 5.41) is 2.92. The standard InChI is InChI=1S/C25H29F3N2O2/c1-16-11-21(12-17(2)24(16)29-23(31)13-18-14-25(27,28)15-18)30-8-7-22(32-10-9-30)19-3-5-20(26)6-4-19/h3-6,11-12,18,22H,7-10,13-15H2,1-2H3,(H,29,31)/t22-/m0/s1. The Balaban J connectivity index is 1.39. The van der Waals surface area contributed by atoms with Gasteiger partial charge in [-0.3, -0.25) is 4.79 Å². The molecule has 172 valence electrons. The van der Waals surface area contributed by atoms with E-state index in [-0.39, 0.29) is 43.0 Å². The quantitative estimate of drug-likeness (QED) is 0.633. The number of rotatable bonds is 5. The van der Waals surface area contributed by atoms with Crippen molar-refractivity contribution in [2.24, 2.45) is 5.92 Å². The fourth-order valence-electron chi connectivity index (χ4n) is 4.67. The molecule has 4 nitrogen and oxygen atoms in total. The molecule has 1 saturated heterocycles. The molecule has 32 heavy (non-hydrogen) atoms. The number of nitrogens with zero attached hydrogens (tertiary/aromatic N) is 1. The minimum Gasteiger partial charge on any atom is -0.372 e. The van der Waals surface area contributed by atoms with Crippen molar-refractivity contribution < 1.29 is 22.7 Å². The number of ether oxygens (including phenoxy) is 1. The van der Waals surface area contributed by atoms with Crippen LogP contribution >= 0.6 is 0 Å². The largest absolute Gasteiger partial charge is 0.372 e. The summed E-state index contributed by atoms with van der Waals surface area (Å²) in [6, 6.07) is 10.5. The SMILES string of the molecule is Cc1cc(N2CCO[C@H](c3ccc(F)cc3)CC2)cc(C)c1NC(=O)CC1CC(F)(F)C1. The molecule has 0 unspecified atom stereocenters. The molecule has 4 rings (SSSR count). The molecule has 0 bridgehead atoms. The van der Waals surface area contributed by atoms with Crippen LogP contribution in [-0.2, 0) is 9.53 Å². The smallest absolute Gasteiger partial charge is 0.248 e. The van der Waals surface area contributed by atoms with Crippen LogP contribution in [0.1, 0.15) is 48.5 Å². The van der Waals surface area contributed by atoms with Gasteiger partial charge in [-0.2, -0.15) is 0 Å². The number of amides is 1. The lowest BCUT2D eigenvalue weighted by atomic mass is 9.79. The van der Waals surface area contributed by atoms with E-state index in [0.717, 1.165) is 47.6 Å². The van der Waals surface area contributed by atoms with Crippen LogP contribution in [0.3, 0.4) is 0 Å². The zero-order valence-electron chi connectivity index (χ0n) is 18.5. The van der Waals surface area contributed by atoms with E-state index < -0.39 is 5.92 Å². The summed E-state index contributed by atoms with van der Waals surface area (Å²) in [5.74, 6) is -3.32. The predicted molar refractivity (Wildman–Crippen MR) is 119 cm³/mol. The van der Waals surface area contributed by atoms with Crippen molar-refractivity contribution in [3.05, 3.63) is 58.9 Å². The highest BCUT2D eigenvalue weighted by Crippen LogP contribution is 2.44. The summed E-state index contributed by atoms with van der Waals surface area (Å²) in [6.07, 6.45) is 0.444. The van der Waals surface area contributed by atoms with E-state index in [4.69, 9.17) is 4.74 Å². The number of alkyl halides is 2. The maximum absolute atomic E-state index is 13.2. The van der Waals surface area contributed by atoms with E-state index in [9.17, 15) is 18.0 Å². The van der Waals surface area contributed by atoms with Crippen LogP contribution < -0.4 is 10.2 Å². The van der Waals surface area contributed by atoms with E-state index in [1.807, 2.05) is 26.0 Å². The van der Waals surface area contributed by atoms with Gasteiger partial charge in [0.15, 0.2) is 0 Å². The van der Waals surface area contributed by atoms with Crippen LogP contribution in [0.2, 0.25) is 0 Å². The third kappa shape index (κ3) is 5.26. The molecule has 7 heteroatoms. The van der Waals surface area contributed by atoms with Gasteiger partial charge in [0.1, 0.15) is 5.82 Å². The fraction of sp³-hybridized carbons (Fsp3) is 0.480. The van der Waals surface area contributed by atoms with Gasteiger partial charge in [0.05, 0.1) is 12.7 Å². The summed E-state index contributed by atoms with van der Waals surface area (Å²) >= 11 is 0. The summed E-state index contributed by atoms with van der Waals surface area (Å²) in [5.41, 5.74) is 4.66. The minimum absolute atomic E-state index is 0.0692. The van der Waals surface area contributed by atoms with Gasteiger partial charge in [0.25, 0.3) is 0 Å². The van der Waals surface area contributed by atoms with Crippen LogP contribution in [-0.4, -0.2) is 31.5 Å². The Hall–Kier alpha value is -2.54. The molecule has 1 heterocycles. The van der Waals surface area contributed by atoms with Crippen molar-refractivity contribution >= 4 is 17.3 Å². The predicted octanol–water partition coefficient (Wildman–Crippen LogP) is 5.78. The van der Waals surface area contributed by atoms with Gasteiger partial charge in [-0.25, -0.2) is 13.2 Å². The second-order valence-electron chi connectivity index (χ2n) is 9.02. The first kappa shape index (κ1) is 22.6. The fourth-order valence-corrected chi connectivity index (χ4v) is 4.67. The highest BCUT2D eigenvalue weighted by atomic mass is 19.3. The number of carbonyl (C=O) groups is 1. The van der Waals surface area contributed by atoms with Crippen LogP contribution in [0.5, 0.6) is 0 Å². The highest BCUT2D eigenvalue weighted by Gasteiger charge is 2.45. The molecule has 0 radical (unpaired) electrons. The topological polar surface area (TPSA) is 41.6 Å². The molecule has 2 aromatic rings. The molecule has 2 fully saturated rings. The minimum atomic E-state index is -2.61. The first-order valence-electron chi connectivity index (χ1n) is 11.1. The van der Waals surface area contributed by atoms with E-state index in [1.165, 1.54) is 12.1 Å². The molecule has 2 aromatic carbocycles. The third-order valence-corrected chi connectivity index (χ3v) is 6.38. The van der Waals surface area contributed by atoms with Crippen LogP contribution in [0.15, 0.2) is 36.4 Å². The maximum Gasteiger partial charge on any atom is 0.248 e. The van der Waals surface area contributed by atoms with Gasteiger partial charge in [0.2, 0.25) is 11.8 Å². The van der Waals surface area contributed by atoms with Gasteiger partial charge in [-0.15, -0.1) is 0 Å². The lowest BCUT2D eigenvalue weighted by Gasteiger charge is -2.34. The number of benzene rings is 2. The lowest BCUT2D eigenvalue weighted by molar-refractivity contribution is -0.129. The summed E-state index contributed by atoms with van der Waals surface area (Å²) in [4.78, 5) is 14.6. The Kier molecular flexibility index (Phi) is 6.47. The summed E-state index contributed by atoms with van der Waals surface area (Å²) < 4.78 is 45.3. The Labute approximate surface area is 186 Å². The molecule has 1 atom stereocenters. The zero-order valence-corrected chi connectivity index (χ0v) is 18.5. The number of aryl methyl sites for hydroxylation is 2. The Morgan fingerprint density at radius 1 is 1.12 bits per heavy atom. The van der Waals surface area contributed by atoms with E-state index in [1.54, 1.807) is 12.1 Å². The van der Waals surface area contributed by atoms with Gasteiger partial charge in [0, 0.05) is 43.7 Å². The molecule has 1 saturated carbocycles. The normalized spacial score (nSPS) is 21.0. The van der Waals surface area contributed by atoms with E-state index in [2.05, 4.69) is 10.2 Å². The third-order valence-electron chi connectivity index (χ3n) is 6.38. The molecule has 2 aliphatic rings. The molecule has 0 spiro atoms. The molecule has 1 aliphatic heterocycles. The Morgan fingerprint density at radius 2 is 1.78 bits per heavy atom. The molecular formula is C25H29F3N2O2. The highest BCUT2D eigenvalue weighted by molar-refractivity contribution is 5.93. The van der Waals surface area contributed by atoms with Crippen molar-refractivity contribution in [3.8, 4) is 0 Å². The average Bonchev–Trinajstić information content (AvgIpc) is 2.96. The maximum atomic E-state index is 13.2.